The summed E-state index contributed by atoms with van der Waals surface area (Å²) in [4.78, 5) is 10.9. The monoisotopic (exact) mass is 250 g/mol. The predicted molar refractivity (Wildman–Crippen MR) is 68.6 cm³/mol. The first-order valence-electron chi connectivity index (χ1n) is 6.29. The summed E-state index contributed by atoms with van der Waals surface area (Å²) in [6, 6.07) is 4.38. The second kappa shape index (κ2) is 5.06. The van der Waals surface area contributed by atoms with Crippen molar-refractivity contribution >= 4 is 5.91 Å². The lowest BCUT2D eigenvalue weighted by Gasteiger charge is -2.38. The van der Waals surface area contributed by atoms with Crippen LogP contribution < -0.4 is 11.1 Å². The molecule has 0 atom stereocenters. The zero-order valence-electron chi connectivity index (χ0n) is 10.6. The molecule has 1 amide bonds. The van der Waals surface area contributed by atoms with Crippen LogP contribution in [0.5, 0.6) is 0 Å². The lowest BCUT2D eigenvalue weighted by atomic mass is 9.70. The predicted octanol–water partition coefficient (Wildman–Crippen LogP) is 2.20. The molecule has 1 aromatic carbocycles. The van der Waals surface area contributed by atoms with Gasteiger partial charge in [0.05, 0.1) is 0 Å². The van der Waals surface area contributed by atoms with Crippen molar-refractivity contribution < 1.29 is 9.18 Å². The number of amides is 1. The minimum Gasteiger partial charge on any atom is -0.366 e. The van der Waals surface area contributed by atoms with Gasteiger partial charge in [-0.25, -0.2) is 4.39 Å². The SMILES string of the molecule is CC1(CNCc2ccc(C(N)=O)cc2F)CCC1. The summed E-state index contributed by atoms with van der Waals surface area (Å²) in [6.07, 6.45) is 3.77. The Kier molecular flexibility index (Phi) is 3.66. The average molecular weight is 250 g/mol. The first-order valence-corrected chi connectivity index (χ1v) is 6.29. The molecule has 4 heteroatoms. The van der Waals surface area contributed by atoms with Gasteiger partial charge in [-0.05, 0) is 30.4 Å². The Morgan fingerprint density at radius 2 is 2.22 bits per heavy atom. The minimum atomic E-state index is -0.601. The zero-order valence-corrected chi connectivity index (χ0v) is 10.6. The van der Waals surface area contributed by atoms with E-state index in [1.165, 1.54) is 25.3 Å². The highest BCUT2D eigenvalue weighted by molar-refractivity contribution is 5.92. The maximum Gasteiger partial charge on any atom is 0.248 e. The molecule has 0 aromatic heterocycles. The van der Waals surface area contributed by atoms with Crippen molar-refractivity contribution in [3.63, 3.8) is 0 Å². The van der Waals surface area contributed by atoms with E-state index in [0.29, 0.717) is 17.5 Å². The molecule has 3 nitrogen and oxygen atoms in total. The van der Waals surface area contributed by atoms with Gasteiger partial charge in [0.2, 0.25) is 5.91 Å². The molecule has 0 unspecified atom stereocenters. The number of rotatable bonds is 5. The molecule has 98 valence electrons. The Hall–Kier alpha value is -1.42. The van der Waals surface area contributed by atoms with Crippen LogP contribution in [0.4, 0.5) is 4.39 Å². The van der Waals surface area contributed by atoms with Crippen LogP contribution in [0, 0.1) is 11.2 Å². The second-order valence-corrected chi connectivity index (χ2v) is 5.44. The molecule has 1 aliphatic rings. The van der Waals surface area contributed by atoms with Crippen molar-refractivity contribution in [1.82, 2.24) is 5.32 Å². The van der Waals surface area contributed by atoms with Gasteiger partial charge in [-0.15, -0.1) is 0 Å². The molecule has 1 saturated carbocycles. The summed E-state index contributed by atoms with van der Waals surface area (Å²) < 4.78 is 13.7. The first-order chi connectivity index (χ1) is 8.50. The number of primary amides is 1. The van der Waals surface area contributed by atoms with Crippen LogP contribution in [0.25, 0.3) is 0 Å². The van der Waals surface area contributed by atoms with E-state index in [1.807, 2.05) is 0 Å². The van der Waals surface area contributed by atoms with Gasteiger partial charge in [0.1, 0.15) is 5.82 Å². The lowest BCUT2D eigenvalue weighted by molar-refractivity contribution is 0.1000. The van der Waals surface area contributed by atoms with Crippen molar-refractivity contribution in [3.05, 3.63) is 35.1 Å². The molecule has 0 aliphatic heterocycles. The van der Waals surface area contributed by atoms with Gasteiger partial charge in [-0.3, -0.25) is 4.79 Å². The highest BCUT2D eigenvalue weighted by Gasteiger charge is 2.30. The number of benzene rings is 1. The Bertz CT molecular complexity index is 455. The standard InChI is InChI=1S/C14H19FN2O/c1-14(5-2-6-14)9-17-8-11-4-3-10(13(16)18)7-12(11)15/h3-4,7,17H,2,5-6,8-9H2,1H3,(H2,16,18). The van der Waals surface area contributed by atoms with Crippen LogP contribution in [-0.4, -0.2) is 12.5 Å². The largest absolute Gasteiger partial charge is 0.366 e. The van der Waals surface area contributed by atoms with Gasteiger partial charge in [0, 0.05) is 24.2 Å². The van der Waals surface area contributed by atoms with Crippen LogP contribution in [0.15, 0.2) is 18.2 Å². The molecule has 18 heavy (non-hydrogen) atoms. The van der Waals surface area contributed by atoms with Crippen LogP contribution in [-0.2, 0) is 6.54 Å². The Balaban J connectivity index is 1.91. The highest BCUT2D eigenvalue weighted by Crippen LogP contribution is 2.39. The van der Waals surface area contributed by atoms with Gasteiger partial charge in [0.25, 0.3) is 0 Å². The second-order valence-electron chi connectivity index (χ2n) is 5.44. The van der Waals surface area contributed by atoms with Crippen LogP contribution >= 0.6 is 0 Å². The number of carbonyl (C=O) groups excluding carboxylic acids is 1. The summed E-state index contributed by atoms with van der Waals surface area (Å²) in [5.41, 5.74) is 6.26. The first kappa shape index (κ1) is 13.0. The van der Waals surface area contributed by atoms with E-state index in [1.54, 1.807) is 12.1 Å². The Labute approximate surface area is 107 Å². The fourth-order valence-electron chi connectivity index (χ4n) is 2.30. The molecule has 0 radical (unpaired) electrons. The lowest BCUT2D eigenvalue weighted by Crippen LogP contribution is -2.37. The van der Waals surface area contributed by atoms with Crippen molar-refractivity contribution in [2.75, 3.05) is 6.54 Å². The fraction of sp³-hybridized carbons (Fsp3) is 0.500. The molecular formula is C14H19FN2O. The number of halogens is 1. The molecule has 0 heterocycles. The number of nitrogens with two attached hydrogens (primary N) is 1. The molecule has 3 N–H and O–H groups in total. The Morgan fingerprint density at radius 1 is 1.50 bits per heavy atom. The molecular weight excluding hydrogens is 231 g/mol. The molecule has 0 spiro atoms. The van der Waals surface area contributed by atoms with Gasteiger partial charge in [0.15, 0.2) is 0 Å². The summed E-state index contributed by atoms with van der Waals surface area (Å²) >= 11 is 0. The van der Waals surface area contributed by atoms with E-state index >= 15 is 0 Å². The van der Waals surface area contributed by atoms with Crippen molar-refractivity contribution in [2.24, 2.45) is 11.1 Å². The summed E-state index contributed by atoms with van der Waals surface area (Å²) in [7, 11) is 0. The van der Waals surface area contributed by atoms with E-state index in [0.717, 1.165) is 6.54 Å². The van der Waals surface area contributed by atoms with Crippen molar-refractivity contribution in [2.45, 2.75) is 32.7 Å². The summed E-state index contributed by atoms with van der Waals surface area (Å²) in [6.45, 7) is 3.64. The third-order valence-corrected chi connectivity index (χ3v) is 3.77. The van der Waals surface area contributed by atoms with Crippen LogP contribution in [0.1, 0.15) is 42.1 Å². The average Bonchev–Trinajstić information content (AvgIpc) is 2.28. The topological polar surface area (TPSA) is 55.1 Å². The van der Waals surface area contributed by atoms with Gasteiger partial charge < -0.3 is 11.1 Å². The smallest absolute Gasteiger partial charge is 0.248 e. The highest BCUT2D eigenvalue weighted by atomic mass is 19.1. The summed E-state index contributed by atoms with van der Waals surface area (Å²) in [5.74, 6) is -0.979. The van der Waals surface area contributed by atoms with Gasteiger partial charge >= 0.3 is 0 Å². The normalized spacial score (nSPS) is 17.2. The van der Waals surface area contributed by atoms with E-state index in [4.69, 9.17) is 5.73 Å². The number of nitrogens with one attached hydrogen (secondary N) is 1. The van der Waals surface area contributed by atoms with Crippen LogP contribution in [0.2, 0.25) is 0 Å². The van der Waals surface area contributed by atoms with E-state index in [-0.39, 0.29) is 11.4 Å². The third kappa shape index (κ3) is 2.88. The molecule has 0 saturated heterocycles. The number of hydrogen-bond donors (Lipinski definition) is 2. The molecule has 2 rings (SSSR count). The number of hydrogen-bond acceptors (Lipinski definition) is 2. The molecule has 1 fully saturated rings. The Morgan fingerprint density at radius 3 is 2.72 bits per heavy atom. The van der Waals surface area contributed by atoms with Crippen LogP contribution in [0.3, 0.4) is 0 Å². The van der Waals surface area contributed by atoms with Gasteiger partial charge in [-0.1, -0.05) is 19.4 Å². The minimum absolute atomic E-state index is 0.210. The molecule has 1 aromatic rings. The van der Waals surface area contributed by atoms with E-state index < -0.39 is 5.91 Å². The summed E-state index contributed by atoms with van der Waals surface area (Å²) in [5, 5.41) is 3.28. The molecule has 0 bridgehead atoms. The van der Waals surface area contributed by atoms with Crippen molar-refractivity contribution in [1.29, 1.82) is 0 Å². The van der Waals surface area contributed by atoms with E-state index in [9.17, 15) is 9.18 Å². The van der Waals surface area contributed by atoms with Crippen molar-refractivity contribution in [3.8, 4) is 0 Å². The maximum atomic E-state index is 13.7. The zero-order chi connectivity index (χ0) is 13.2. The fourth-order valence-corrected chi connectivity index (χ4v) is 2.30. The number of carbonyl (C=O) groups is 1. The maximum absolute atomic E-state index is 13.7. The molecule has 1 aliphatic carbocycles. The van der Waals surface area contributed by atoms with E-state index in [2.05, 4.69) is 12.2 Å². The third-order valence-electron chi connectivity index (χ3n) is 3.77. The van der Waals surface area contributed by atoms with Gasteiger partial charge in [-0.2, -0.15) is 0 Å². The quantitative estimate of drug-likeness (QED) is 0.841.